The third-order valence-electron chi connectivity index (χ3n) is 2.59. The molecule has 0 fully saturated rings. The number of nitrogens with two attached hydrogens (primary N) is 1. The van der Waals surface area contributed by atoms with Crippen molar-refractivity contribution in [3.8, 4) is 5.75 Å². The number of ether oxygens (including phenoxy) is 1. The van der Waals surface area contributed by atoms with Gasteiger partial charge in [0.25, 0.3) is 0 Å². The second kappa shape index (κ2) is 4.57. The smallest absolute Gasteiger partial charge is 0.165 e. The lowest BCUT2D eigenvalue weighted by Gasteiger charge is -2.25. The summed E-state index contributed by atoms with van der Waals surface area (Å²) in [6, 6.07) is 4.28. The van der Waals surface area contributed by atoms with Gasteiger partial charge in [-0.1, -0.05) is 13.0 Å². The first kappa shape index (κ1) is 11.9. The summed E-state index contributed by atoms with van der Waals surface area (Å²) in [7, 11) is 1.37. The van der Waals surface area contributed by atoms with E-state index in [4.69, 9.17) is 10.5 Å². The maximum atomic E-state index is 13.1. The van der Waals surface area contributed by atoms with E-state index in [9.17, 15) is 8.78 Å². The van der Waals surface area contributed by atoms with Crippen LogP contribution >= 0.6 is 0 Å². The van der Waals surface area contributed by atoms with Crippen LogP contribution in [0.25, 0.3) is 0 Å². The number of benzene rings is 1. The number of hydrogen-bond acceptors (Lipinski definition) is 2. The summed E-state index contributed by atoms with van der Waals surface area (Å²) in [5.41, 5.74) is 5.37. The van der Waals surface area contributed by atoms with Crippen LogP contribution in [0.2, 0.25) is 0 Å². The summed E-state index contributed by atoms with van der Waals surface area (Å²) < 4.78 is 30.8. The molecular formula is C11H15F2NO. The molecule has 0 bridgehead atoms. The van der Waals surface area contributed by atoms with Crippen molar-refractivity contribution in [1.82, 2.24) is 0 Å². The summed E-state index contributed by atoms with van der Waals surface area (Å²) >= 11 is 0. The van der Waals surface area contributed by atoms with Crippen LogP contribution in [0.5, 0.6) is 5.75 Å². The lowest BCUT2D eigenvalue weighted by Crippen LogP contribution is -2.34. The summed E-state index contributed by atoms with van der Waals surface area (Å²) in [6.45, 7) is 1.27. The number of methoxy groups -OCH3 is 1. The second-order valence-electron chi connectivity index (χ2n) is 3.75. The monoisotopic (exact) mass is 215 g/mol. The Morgan fingerprint density at radius 1 is 1.47 bits per heavy atom. The van der Waals surface area contributed by atoms with E-state index < -0.39 is 17.9 Å². The largest absolute Gasteiger partial charge is 0.494 e. The van der Waals surface area contributed by atoms with Crippen LogP contribution in [0.3, 0.4) is 0 Å². The zero-order chi connectivity index (χ0) is 11.5. The minimum atomic E-state index is -0.777. The highest BCUT2D eigenvalue weighted by Crippen LogP contribution is 2.28. The minimum absolute atomic E-state index is 0.112. The maximum absolute atomic E-state index is 13.1. The fourth-order valence-electron chi connectivity index (χ4n) is 1.28. The van der Waals surface area contributed by atoms with Crippen molar-refractivity contribution in [3.05, 3.63) is 29.6 Å². The SMILES string of the molecule is COc1cc(C(C)(CN)CF)ccc1F. The van der Waals surface area contributed by atoms with Crippen molar-refractivity contribution in [2.75, 3.05) is 20.3 Å². The van der Waals surface area contributed by atoms with E-state index in [1.54, 1.807) is 6.92 Å². The van der Waals surface area contributed by atoms with Crippen LogP contribution in [0.15, 0.2) is 18.2 Å². The Bertz CT molecular complexity index is 337. The van der Waals surface area contributed by atoms with Gasteiger partial charge in [-0.3, -0.25) is 4.39 Å². The van der Waals surface area contributed by atoms with Gasteiger partial charge in [0.15, 0.2) is 11.6 Å². The first-order valence-electron chi connectivity index (χ1n) is 4.67. The standard InChI is InChI=1S/C11H15F2NO/c1-11(6-12,7-14)8-3-4-9(13)10(5-8)15-2/h3-5H,6-7,14H2,1-2H3. The normalized spacial score (nSPS) is 14.7. The molecule has 1 rings (SSSR count). The Kier molecular flexibility index (Phi) is 3.63. The van der Waals surface area contributed by atoms with Gasteiger partial charge < -0.3 is 10.5 Å². The molecule has 0 radical (unpaired) electrons. The van der Waals surface area contributed by atoms with Crippen LogP contribution in [-0.2, 0) is 5.41 Å². The third-order valence-corrected chi connectivity index (χ3v) is 2.59. The van der Waals surface area contributed by atoms with Gasteiger partial charge in [0.1, 0.15) is 0 Å². The molecule has 0 saturated carbocycles. The molecule has 0 amide bonds. The molecule has 1 atom stereocenters. The van der Waals surface area contributed by atoms with Gasteiger partial charge in [-0.05, 0) is 17.7 Å². The van der Waals surface area contributed by atoms with E-state index in [0.717, 1.165) is 0 Å². The quantitative estimate of drug-likeness (QED) is 0.834. The predicted molar refractivity (Wildman–Crippen MR) is 55.3 cm³/mol. The van der Waals surface area contributed by atoms with E-state index in [0.29, 0.717) is 5.56 Å². The van der Waals surface area contributed by atoms with E-state index >= 15 is 0 Å². The molecule has 2 nitrogen and oxygen atoms in total. The maximum Gasteiger partial charge on any atom is 0.165 e. The molecule has 0 aromatic heterocycles. The highest BCUT2D eigenvalue weighted by atomic mass is 19.1. The average Bonchev–Trinajstić information content (AvgIpc) is 2.28. The molecule has 1 unspecified atom stereocenters. The van der Waals surface area contributed by atoms with Crippen LogP contribution in [0.4, 0.5) is 8.78 Å². The highest BCUT2D eigenvalue weighted by Gasteiger charge is 2.26. The van der Waals surface area contributed by atoms with Gasteiger partial charge in [-0.25, -0.2) is 4.39 Å². The van der Waals surface area contributed by atoms with E-state index in [1.807, 2.05) is 0 Å². The second-order valence-corrected chi connectivity index (χ2v) is 3.75. The number of hydrogen-bond donors (Lipinski definition) is 1. The van der Waals surface area contributed by atoms with Gasteiger partial charge in [0, 0.05) is 12.0 Å². The lowest BCUT2D eigenvalue weighted by atomic mass is 9.84. The van der Waals surface area contributed by atoms with E-state index in [-0.39, 0.29) is 12.3 Å². The third kappa shape index (κ3) is 2.26. The molecule has 1 aromatic carbocycles. The van der Waals surface area contributed by atoms with E-state index in [2.05, 4.69) is 0 Å². The minimum Gasteiger partial charge on any atom is -0.494 e. The Balaban J connectivity index is 3.15. The van der Waals surface area contributed by atoms with Crippen molar-refractivity contribution in [1.29, 1.82) is 0 Å². The van der Waals surface area contributed by atoms with Crippen LogP contribution < -0.4 is 10.5 Å². The summed E-state index contributed by atoms with van der Waals surface area (Å²) in [5, 5.41) is 0. The van der Waals surface area contributed by atoms with Crippen LogP contribution in [-0.4, -0.2) is 20.3 Å². The first-order valence-corrected chi connectivity index (χ1v) is 4.67. The summed E-state index contributed by atoms with van der Waals surface area (Å²) in [6.07, 6.45) is 0. The van der Waals surface area contributed by atoms with Gasteiger partial charge in [-0.2, -0.15) is 0 Å². The first-order chi connectivity index (χ1) is 7.07. The van der Waals surface area contributed by atoms with Crippen molar-refractivity contribution in [2.24, 2.45) is 5.73 Å². The predicted octanol–water partition coefficient (Wildman–Crippen LogP) is 2.02. The molecule has 0 aliphatic heterocycles. The zero-order valence-electron chi connectivity index (χ0n) is 8.89. The van der Waals surface area contributed by atoms with Gasteiger partial charge in [0.05, 0.1) is 13.8 Å². The molecule has 2 N–H and O–H groups in total. The molecule has 0 aliphatic rings. The fraction of sp³-hybridized carbons (Fsp3) is 0.455. The number of alkyl halides is 1. The molecule has 0 spiro atoms. The average molecular weight is 215 g/mol. The molecule has 15 heavy (non-hydrogen) atoms. The molecule has 0 saturated heterocycles. The van der Waals surface area contributed by atoms with Crippen molar-refractivity contribution >= 4 is 0 Å². The number of rotatable bonds is 4. The Morgan fingerprint density at radius 3 is 2.60 bits per heavy atom. The topological polar surface area (TPSA) is 35.2 Å². The lowest BCUT2D eigenvalue weighted by molar-refractivity contribution is 0.330. The highest BCUT2D eigenvalue weighted by molar-refractivity contribution is 5.35. The van der Waals surface area contributed by atoms with Crippen molar-refractivity contribution < 1.29 is 13.5 Å². The zero-order valence-corrected chi connectivity index (χ0v) is 8.89. The molecular weight excluding hydrogens is 200 g/mol. The fourth-order valence-corrected chi connectivity index (χ4v) is 1.28. The van der Waals surface area contributed by atoms with Crippen LogP contribution in [0.1, 0.15) is 12.5 Å². The van der Waals surface area contributed by atoms with Gasteiger partial charge >= 0.3 is 0 Å². The molecule has 0 aliphatic carbocycles. The summed E-state index contributed by atoms with van der Waals surface area (Å²) in [5.74, 6) is -0.347. The van der Waals surface area contributed by atoms with Crippen molar-refractivity contribution in [2.45, 2.75) is 12.3 Å². The number of halogens is 2. The summed E-state index contributed by atoms with van der Waals surface area (Å²) in [4.78, 5) is 0. The molecule has 4 heteroatoms. The van der Waals surface area contributed by atoms with Crippen LogP contribution in [0, 0.1) is 5.82 Å². The van der Waals surface area contributed by atoms with Gasteiger partial charge in [-0.15, -0.1) is 0 Å². The molecule has 1 aromatic rings. The molecule has 0 heterocycles. The molecule has 84 valence electrons. The Labute approximate surface area is 88.0 Å². The van der Waals surface area contributed by atoms with Gasteiger partial charge in [0.2, 0.25) is 0 Å². The van der Waals surface area contributed by atoms with E-state index in [1.165, 1.54) is 25.3 Å². The Morgan fingerprint density at radius 2 is 2.13 bits per heavy atom. The Hall–Kier alpha value is -1.16. The van der Waals surface area contributed by atoms with Crippen molar-refractivity contribution in [3.63, 3.8) is 0 Å².